The van der Waals surface area contributed by atoms with Crippen LogP contribution < -0.4 is 11.1 Å². The van der Waals surface area contributed by atoms with E-state index in [4.69, 9.17) is 14.8 Å². The van der Waals surface area contributed by atoms with Gasteiger partial charge in [-0.15, -0.1) is 0 Å². The molecule has 0 aromatic rings. The Kier molecular flexibility index (Phi) is 43.4. The van der Waals surface area contributed by atoms with Crippen LogP contribution in [0.15, 0.2) is 60.8 Å². The minimum absolute atomic E-state index is 0.0844. The number of amides is 1. The van der Waals surface area contributed by atoms with Gasteiger partial charge in [-0.3, -0.25) is 13.8 Å². The number of hydrogen-bond acceptors (Lipinski definition) is 6. The molecule has 0 aromatic heterocycles. The average Bonchev–Trinajstić information content (AvgIpc) is 3.21. The number of unbranched alkanes of at least 4 members (excludes halogenated alkanes) is 22. The summed E-state index contributed by atoms with van der Waals surface area (Å²) in [4.78, 5) is 22.8. The Labute approximate surface area is 357 Å². The van der Waals surface area contributed by atoms with Gasteiger partial charge in [0.1, 0.15) is 0 Å². The highest BCUT2D eigenvalue weighted by Gasteiger charge is 2.27. The fraction of sp³-hybridized carbons (Fsp3) is 0.776. The molecular formula is C49H91N2O6P. The van der Waals surface area contributed by atoms with Gasteiger partial charge in [-0.25, -0.2) is 4.57 Å². The van der Waals surface area contributed by atoms with E-state index in [2.05, 4.69) is 79.9 Å². The zero-order chi connectivity index (χ0) is 42.5. The first kappa shape index (κ1) is 56.2. The first-order valence-corrected chi connectivity index (χ1v) is 25.4. The van der Waals surface area contributed by atoms with E-state index in [0.717, 1.165) is 83.5 Å². The van der Waals surface area contributed by atoms with E-state index in [-0.39, 0.29) is 25.7 Å². The van der Waals surface area contributed by atoms with Crippen molar-refractivity contribution in [3.8, 4) is 0 Å². The lowest BCUT2D eigenvalue weighted by Crippen LogP contribution is -2.46. The van der Waals surface area contributed by atoms with Crippen LogP contribution in [0.3, 0.4) is 0 Å². The van der Waals surface area contributed by atoms with Crippen LogP contribution in [0.1, 0.15) is 213 Å². The molecule has 0 aromatic carbocycles. The molecule has 5 N–H and O–H groups in total. The largest absolute Gasteiger partial charge is 0.472 e. The Morgan fingerprint density at radius 2 is 1.00 bits per heavy atom. The van der Waals surface area contributed by atoms with Gasteiger partial charge in [-0.2, -0.15) is 0 Å². The maximum absolute atomic E-state index is 12.8. The van der Waals surface area contributed by atoms with Crippen molar-refractivity contribution in [2.24, 2.45) is 5.73 Å². The summed E-state index contributed by atoms with van der Waals surface area (Å²) in [5.74, 6) is -0.174. The molecule has 0 spiro atoms. The molecular weight excluding hydrogens is 744 g/mol. The summed E-state index contributed by atoms with van der Waals surface area (Å²) in [7, 11) is -4.32. The molecule has 0 bridgehead atoms. The number of aliphatic hydroxyl groups is 1. The van der Waals surface area contributed by atoms with Gasteiger partial charge in [-0.05, 0) is 57.8 Å². The normalized spacial score (nSPS) is 14.5. The summed E-state index contributed by atoms with van der Waals surface area (Å²) >= 11 is 0. The van der Waals surface area contributed by atoms with Gasteiger partial charge in [0.15, 0.2) is 0 Å². The number of nitrogens with one attached hydrogen (secondary N) is 1. The summed E-state index contributed by atoms with van der Waals surface area (Å²) < 4.78 is 22.2. The highest BCUT2D eigenvalue weighted by Crippen LogP contribution is 2.43. The van der Waals surface area contributed by atoms with Crippen LogP contribution in [0, 0.1) is 0 Å². The first-order chi connectivity index (χ1) is 28.4. The summed E-state index contributed by atoms with van der Waals surface area (Å²) in [5.41, 5.74) is 5.39. The van der Waals surface area contributed by atoms with Crippen molar-refractivity contribution < 1.29 is 28.4 Å². The minimum Gasteiger partial charge on any atom is -0.391 e. The first-order valence-electron chi connectivity index (χ1n) is 23.9. The lowest BCUT2D eigenvalue weighted by atomic mass is 10.0. The van der Waals surface area contributed by atoms with Crippen LogP contribution in [0.5, 0.6) is 0 Å². The van der Waals surface area contributed by atoms with E-state index in [9.17, 15) is 19.4 Å². The van der Waals surface area contributed by atoms with Crippen LogP contribution in [0.4, 0.5) is 0 Å². The van der Waals surface area contributed by atoms with E-state index in [1.807, 2.05) is 0 Å². The Bertz CT molecular complexity index is 1090. The number of nitrogens with two attached hydrogens (primary N) is 1. The van der Waals surface area contributed by atoms with Gasteiger partial charge in [0.05, 0.1) is 25.4 Å². The molecule has 1 amide bonds. The SMILES string of the molecule is CC/C=C\C/C=C\C/C=C\C/C=C\C/C=C\CCCCCCCCCC(=O)NC(COP(=O)(O)OCCN)C(O)CCCCCCCCCCCCCCCCCC. The molecule has 0 saturated heterocycles. The highest BCUT2D eigenvalue weighted by molar-refractivity contribution is 7.47. The number of allylic oxidation sites excluding steroid dienone is 10. The third-order valence-corrected chi connectivity index (χ3v) is 11.4. The number of aliphatic hydroxyl groups excluding tert-OH is 1. The van der Waals surface area contributed by atoms with Crippen molar-refractivity contribution in [1.82, 2.24) is 5.32 Å². The van der Waals surface area contributed by atoms with Gasteiger partial charge < -0.3 is 21.1 Å². The maximum atomic E-state index is 12.8. The van der Waals surface area contributed by atoms with Crippen LogP contribution in [-0.2, 0) is 18.4 Å². The van der Waals surface area contributed by atoms with Gasteiger partial charge in [-0.1, -0.05) is 209 Å². The molecule has 3 unspecified atom stereocenters. The van der Waals surface area contributed by atoms with Crippen molar-refractivity contribution in [3.05, 3.63) is 60.8 Å². The van der Waals surface area contributed by atoms with Crippen molar-refractivity contribution in [1.29, 1.82) is 0 Å². The highest BCUT2D eigenvalue weighted by atomic mass is 31.2. The fourth-order valence-corrected chi connectivity index (χ4v) is 7.57. The Morgan fingerprint density at radius 1 is 0.586 bits per heavy atom. The molecule has 9 heteroatoms. The molecule has 0 fully saturated rings. The molecule has 0 aliphatic heterocycles. The molecule has 0 saturated carbocycles. The third-order valence-electron chi connectivity index (χ3n) is 10.4. The number of carbonyl (C=O) groups is 1. The number of phosphoric acid groups is 1. The average molecular weight is 835 g/mol. The van der Waals surface area contributed by atoms with Gasteiger partial charge in [0.25, 0.3) is 0 Å². The Morgan fingerprint density at radius 3 is 1.47 bits per heavy atom. The second kappa shape index (κ2) is 44.7. The van der Waals surface area contributed by atoms with E-state index in [1.165, 1.54) is 103 Å². The van der Waals surface area contributed by atoms with Crippen LogP contribution >= 0.6 is 7.82 Å². The standard InChI is InChI=1S/C49H91N2O6P/c1-3-5-7-9-11-13-15-17-19-21-22-23-24-25-26-27-29-31-33-35-37-39-41-43-49(53)51-47(46-57-58(54,55)56-45-44-50)48(52)42-40-38-36-34-32-30-28-20-18-16-14-12-10-8-6-4-2/h5,7,11,13,17,19,22-23,25-26,47-48,52H,3-4,6,8-10,12,14-16,18,20-21,24,27-46,50H2,1-2H3,(H,51,53)(H,54,55)/b7-5-,13-11-,19-17-,23-22-,26-25-. The van der Waals surface area contributed by atoms with Crippen molar-refractivity contribution in [3.63, 3.8) is 0 Å². The molecule has 0 radical (unpaired) electrons. The molecule has 0 aliphatic rings. The molecule has 58 heavy (non-hydrogen) atoms. The predicted octanol–water partition coefficient (Wildman–Crippen LogP) is 13.8. The maximum Gasteiger partial charge on any atom is 0.472 e. The van der Waals surface area contributed by atoms with Crippen LogP contribution in [0.25, 0.3) is 0 Å². The van der Waals surface area contributed by atoms with E-state index in [1.54, 1.807) is 0 Å². The molecule has 0 heterocycles. The monoisotopic (exact) mass is 835 g/mol. The Hall–Kier alpha value is -1.80. The van der Waals surface area contributed by atoms with Crippen LogP contribution in [-0.4, -0.2) is 47.8 Å². The molecule has 0 aliphatic carbocycles. The molecule has 3 atom stereocenters. The fourth-order valence-electron chi connectivity index (χ4n) is 6.81. The zero-order valence-electron chi connectivity index (χ0n) is 37.5. The number of phosphoric ester groups is 1. The Balaban J connectivity index is 4.13. The third kappa shape index (κ3) is 42.3. The summed E-state index contributed by atoms with van der Waals surface area (Å²) in [6.45, 7) is 4.09. The summed E-state index contributed by atoms with van der Waals surface area (Å²) in [6.07, 6.45) is 56.6. The van der Waals surface area contributed by atoms with Crippen molar-refractivity contribution in [2.45, 2.75) is 225 Å². The number of hydrogen-bond donors (Lipinski definition) is 4. The van der Waals surface area contributed by atoms with Crippen molar-refractivity contribution >= 4 is 13.7 Å². The lowest BCUT2D eigenvalue weighted by Gasteiger charge is -2.25. The molecule has 8 nitrogen and oxygen atoms in total. The van der Waals surface area contributed by atoms with Crippen molar-refractivity contribution in [2.75, 3.05) is 19.8 Å². The number of rotatable bonds is 44. The summed E-state index contributed by atoms with van der Waals surface area (Å²) in [6, 6.07) is -0.784. The second-order valence-corrected chi connectivity index (χ2v) is 17.4. The quantitative estimate of drug-likeness (QED) is 0.0273. The molecule has 338 valence electrons. The minimum atomic E-state index is -4.32. The number of carbonyl (C=O) groups excluding carboxylic acids is 1. The lowest BCUT2D eigenvalue weighted by molar-refractivity contribution is -0.123. The van der Waals surface area contributed by atoms with E-state index < -0.39 is 20.0 Å². The van der Waals surface area contributed by atoms with Gasteiger partial charge >= 0.3 is 7.82 Å². The summed E-state index contributed by atoms with van der Waals surface area (Å²) in [5, 5.41) is 13.8. The van der Waals surface area contributed by atoms with E-state index in [0.29, 0.717) is 12.8 Å². The van der Waals surface area contributed by atoms with E-state index >= 15 is 0 Å². The topological polar surface area (TPSA) is 131 Å². The molecule has 0 rings (SSSR count). The van der Waals surface area contributed by atoms with Gasteiger partial charge in [0.2, 0.25) is 5.91 Å². The van der Waals surface area contributed by atoms with Gasteiger partial charge in [0, 0.05) is 13.0 Å². The smallest absolute Gasteiger partial charge is 0.391 e. The van der Waals surface area contributed by atoms with Crippen LogP contribution in [0.2, 0.25) is 0 Å². The predicted molar refractivity (Wildman–Crippen MR) is 249 cm³/mol. The zero-order valence-corrected chi connectivity index (χ0v) is 38.4. The second-order valence-electron chi connectivity index (χ2n) is 15.9.